The second kappa shape index (κ2) is 6.06. The molecule has 0 fully saturated rings. The standard InChI is InChI=1S/C18H16N4S/c19-17(20)14-13(11-7-3-1-4-8-11)15(23-16(14)18(21)22)12-9-5-2-6-10-12/h1-10H,(H3,19,20)(H3,21,22). The van der Waals surface area contributed by atoms with E-state index in [0.717, 1.165) is 21.6 Å². The number of rotatable bonds is 4. The van der Waals surface area contributed by atoms with Crippen LogP contribution in [0.15, 0.2) is 60.7 Å². The van der Waals surface area contributed by atoms with Gasteiger partial charge in [-0.25, -0.2) is 0 Å². The first-order valence-corrected chi connectivity index (χ1v) is 7.87. The van der Waals surface area contributed by atoms with Gasteiger partial charge in [-0.05, 0) is 11.1 Å². The van der Waals surface area contributed by atoms with Crippen molar-refractivity contribution in [3.8, 4) is 21.6 Å². The molecule has 23 heavy (non-hydrogen) atoms. The third-order valence-electron chi connectivity index (χ3n) is 3.52. The molecule has 0 spiro atoms. The van der Waals surface area contributed by atoms with Crippen LogP contribution >= 0.6 is 11.3 Å². The molecule has 0 aliphatic heterocycles. The maximum atomic E-state index is 7.97. The molecular weight excluding hydrogens is 304 g/mol. The molecule has 0 amide bonds. The molecule has 0 bridgehead atoms. The Balaban J connectivity index is 2.38. The van der Waals surface area contributed by atoms with Gasteiger partial charge in [0.15, 0.2) is 0 Å². The predicted molar refractivity (Wildman–Crippen MR) is 97.2 cm³/mol. The average molecular weight is 320 g/mol. The molecule has 0 saturated heterocycles. The summed E-state index contributed by atoms with van der Waals surface area (Å²) in [5, 5.41) is 15.8. The van der Waals surface area contributed by atoms with Crippen molar-refractivity contribution in [2.75, 3.05) is 0 Å². The molecule has 0 saturated carbocycles. The van der Waals surface area contributed by atoms with Crippen LogP contribution in [-0.4, -0.2) is 11.7 Å². The number of nitrogen functional groups attached to an aromatic ring is 2. The summed E-state index contributed by atoms with van der Waals surface area (Å²) in [5.74, 6) is -0.146. The Labute approximate surface area is 138 Å². The maximum absolute atomic E-state index is 7.97. The molecule has 0 aliphatic rings. The van der Waals surface area contributed by atoms with Gasteiger partial charge >= 0.3 is 0 Å². The van der Waals surface area contributed by atoms with Crippen molar-refractivity contribution >= 4 is 23.0 Å². The van der Waals surface area contributed by atoms with Crippen molar-refractivity contribution in [3.63, 3.8) is 0 Å². The van der Waals surface area contributed by atoms with E-state index >= 15 is 0 Å². The fourth-order valence-corrected chi connectivity index (χ4v) is 3.75. The molecule has 3 rings (SSSR count). The number of hydrogen-bond acceptors (Lipinski definition) is 3. The van der Waals surface area contributed by atoms with Crippen LogP contribution < -0.4 is 11.5 Å². The monoisotopic (exact) mass is 320 g/mol. The molecule has 0 radical (unpaired) electrons. The van der Waals surface area contributed by atoms with Crippen molar-refractivity contribution in [3.05, 3.63) is 71.1 Å². The summed E-state index contributed by atoms with van der Waals surface area (Å²) in [4.78, 5) is 1.50. The van der Waals surface area contributed by atoms with E-state index in [1.165, 1.54) is 11.3 Å². The largest absolute Gasteiger partial charge is 0.384 e. The van der Waals surface area contributed by atoms with Crippen molar-refractivity contribution in [2.24, 2.45) is 11.5 Å². The third kappa shape index (κ3) is 2.74. The minimum Gasteiger partial charge on any atom is -0.384 e. The first-order valence-electron chi connectivity index (χ1n) is 7.06. The second-order valence-corrected chi connectivity index (χ2v) is 6.09. The number of thiophene rings is 1. The Bertz CT molecular complexity index is 867. The lowest BCUT2D eigenvalue weighted by atomic mass is 9.96. The molecule has 1 heterocycles. The zero-order chi connectivity index (χ0) is 16.4. The SMILES string of the molecule is N=C(N)c1sc(-c2ccccc2)c(-c2ccccc2)c1C(=N)N. The summed E-state index contributed by atoms with van der Waals surface area (Å²) in [7, 11) is 0. The minimum absolute atomic E-state index is 0.0698. The zero-order valence-electron chi connectivity index (χ0n) is 12.3. The molecule has 6 N–H and O–H groups in total. The lowest BCUT2D eigenvalue weighted by Crippen LogP contribution is -2.19. The Hall–Kier alpha value is -2.92. The first-order chi connectivity index (χ1) is 11.1. The number of hydrogen-bond donors (Lipinski definition) is 4. The van der Waals surface area contributed by atoms with Gasteiger partial charge in [0.05, 0.1) is 4.88 Å². The lowest BCUT2D eigenvalue weighted by molar-refractivity contribution is 1.41. The maximum Gasteiger partial charge on any atom is 0.133 e. The van der Waals surface area contributed by atoms with E-state index in [1.54, 1.807) is 0 Å². The van der Waals surface area contributed by atoms with Crippen LogP contribution in [0.4, 0.5) is 0 Å². The number of nitrogens with two attached hydrogens (primary N) is 2. The fraction of sp³-hybridized carbons (Fsp3) is 0. The van der Waals surface area contributed by atoms with Gasteiger partial charge in [0, 0.05) is 16.0 Å². The summed E-state index contributed by atoms with van der Waals surface area (Å²) in [6.45, 7) is 0. The van der Waals surface area contributed by atoms with Crippen LogP contribution in [0.2, 0.25) is 0 Å². The van der Waals surface area contributed by atoms with Crippen molar-refractivity contribution < 1.29 is 0 Å². The van der Waals surface area contributed by atoms with Crippen LogP contribution in [0.25, 0.3) is 21.6 Å². The van der Waals surface area contributed by atoms with Crippen LogP contribution in [0.1, 0.15) is 10.4 Å². The van der Waals surface area contributed by atoms with Crippen molar-refractivity contribution in [2.45, 2.75) is 0 Å². The minimum atomic E-state index is -0.0764. The Morgan fingerprint density at radius 3 is 1.74 bits per heavy atom. The van der Waals surface area contributed by atoms with Crippen LogP contribution in [-0.2, 0) is 0 Å². The van der Waals surface area contributed by atoms with E-state index in [2.05, 4.69) is 0 Å². The quantitative estimate of drug-likeness (QED) is 0.436. The van der Waals surface area contributed by atoms with Gasteiger partial charge in [-0.3, -0.25) is 10.8 Å². The normalized spacial score (nSPS) is 10.4. The molecule has 0 atom stereocenters. The van der Waals surface area contributed by atoms with Crippen molar-refractivity contribution in [1.29, 1.82) is 10.8 Å². The number of benzene rings is 2. The lowest BCUT2D eigenvalue weighted by Gasteiger charge is -2.08. The van der Waals surface area contributed by atoms with Gasteiger partial charge < -0.3 is 11.5 Å². The fourth-order valence-electron chi connectivity index (χ4n) is 2.55. The van der Waals surface area contributed by atoms with Gasteiger partial charge in [-0.1, -0.05) is 60.7 Å². The summed E-state index contributed by atoms with van der Waals surface area (Å²) in [5.41, 5.74) is 14.9. The van der Waals surface area contributed by atoms with E-state index in [-0.39, 0.29) is 11.7 Å². The van der Waals surface area contributed by atoms with Crippen LogP contribution in [0, 0.1) is 10.8 Å². The molecule has 114 valence electrons. The average Bonchev–Trinajstić information content (AvgIpc) is 2.97. The Morgan fingerprint density at radius 1 is 0.739 bits per heavy atom. The molecule has 3 aromatic rings. The predicted octanol–water partition coefficient (Wildman–Crippen LogP) is 3.65. The third-order valence-corrected chi connectivity index (χ3v) is 4.79. The van der Waals surface area contributed by atoms with E-state index < -0.39 is 0 Å². The molecule has 0 unspecified atom stereocenters. The van der Waals surface area contributed by atoms with Gasteiger partial charge in [0.1, 0.15) is 11.7 Å². The summed E-state index contributed by atoms with van der Waals surface area (Å²) in [6, 6.07) is 19.7. The van der Waals surface area contributed by atoms with E-state index in [1.807, 2.05) is 60.7 Å². The number of amidine groups is 2. The van der Waals surface area contributed by atoms with E-state index in [9.17, 15) is 0 Å². The van der Waals surface area contributed by atoms with Gasteiger partial charge in [-0.15, -0.1) is 11.3 Å². The smallest absolute Gasteiger partial charge is 0.133 e. The molecular formula is C18H16N4S. The zero-order valence-corrected chi connectivity index (χ0v) is 13.2. The van der Waals surface area contributed by atoms with Crippen LogP contribution in [0.3, 0.4) is 0 Å². The highest BCUT2D eigenvalue weighted by Crippen LogP contribution is 2.42. The molecule has 0 aliphatic carbocycles. The second-order valence-electron chi connectivity index (χ2n) is 5.07. The Kier molecular flexibility index (Phi) is 3.95. The number of nitrogens with one attached hydrogen (secondary N) is 2. The first kappa shape index (κ1) is 15.0. The molecule has 2 aromatic carbocycles. The van der Waals surface area contributed by atoms with Crippen molar-refractivity contribution in [1.82, 2.24) is 0 Å². The van der Waals surface area contributed by atoms with Gasteiger partial charge in [-0.2, -0.15) is 0 Å². The van der Waals surface area contributed by atoms with E-state index in [4.69, 9.17) is 22.3 Å². The topological polar surface area (TPSA) is 99.7 Å². The summed E-state index contributed by atoms with van der Waals surface area (Å²) >= 11 is 1.40. The van der Waals surface area contributed by atoms with Gasteiger partial charge in [0.25, 0.3) is 0 Å². The molecule has 4 nitrogen and oxygen atoms in total. The van der Waals surface area contributed by atoms with E-state index in [0.29, 0.717) is 10.4 Å². The summed E-state index contributed by atoms with van der Waals surface area (Å²) < 4.78 is 0. The summed E-state index contributed by atoms with van der Waals surface area (Å²) in [6.07, 6.45) is 0. The highest BCUT2D eigenvalue weighted by molar-refractivity contribution is 7.18. The Morgan fingerprint density at radius 2 is 1.26 bits per heavy atom. The molecule has 1 aromatic heterocycles. The highest BCUT2D eigenvalue weighted by Gasteiger charge is 2.23. The van der Waals surface area contributed by atoms with Crippen LogP contribution in [0.5, 0.6) is 0 Å². The molecule has 5 heteroatoms. The van der Waals surface area contributed by atoms with Gasteiger partial charge in [0.2, 0.25) is 0 Å². The highest BCUT2D eigenvalue weighted by atomic mass is 32.1.